The molecule has 0 aliphatic heterocycles. The maximum absolute atomic E-state index is 11.7. The lowest BCUT2D eigenvalue weighted by atomic mass is 10.3. The molecule has 0 atom stereocenters. The van der Waals surface area contributed by atoms with E-state index in [2.05, 4.69) is 10.3 Å². The smallest absolute Gasteiger partial charge is 0.364 e. The second kappa shape index (κ2) is 5.05. The average molecular weight is 206 g/mol. The normalized spacial score (nSPS) is 11.9. The van der Waals surface area contributed by atoms with E-state index in [9.17, 15) is 13.2 Å². The molecule has 0 saturated heterocycles. The topological polar surface area (TPSA) is 27.8 Å². The van der Waals surface area contributed by atoms with Gasteiger partial charge in [0, 0.05) is 24.9 Å². The van der Waals surface area contributed by atoms with Crippen LogP contribution >= 0.6 is 0 Å². The van der Waals surface area contributed by atoms with Crippen molar-refractivity contribution in [2.24, 2.45) is 0 Å². The number of nitrogens with one attached hydrogen (secondary N) is 2. The summed E-state index contributed by atoms with van der Waals surface area (Å²) >= 11 is 0. The van der Waals surface area contributed by atoms with Crippen molar-refractivity contribution in [3.05, 3.63) is 24.0 Å². The maximum atomic E-state index is 11.7. The summed E-state index contributed by atoms with van der Waals surface area (Å²) in [4.78, 5) is 2.96. The summed E-state index contributed by atoms with van der Waals surface area (Å²) in [5.74, 6) is 0. The second-order valence-electron chi connectivity index (χ2n) is 3.09. The third-order valence-electron chi connectivity index (χ3n) is 1.79. The van der Waals surface area contributed by atoms with E-state index in [1.807, 2.05) is 12.1 Å². The number of hydrogen-bond donors (Lipinski definition) is 2. The first-order chi connectivity index (χ1) is 6.58. The molecule has 1 rings (SSSR count). The summed E-state index contributed by atoms with van der Waals surface area (Å²) in [6, 6.07) is 3.74. The standard InChI is InChI=1S/C9H13F3N2/c10-9(11,12)4-2-5-13-7-8-3-1-6-14-8/h1,3,6,13-14H,2,4-5,7H2. The molecule has 0 saturated carbocycles. The van der Waals surface area contributed by atoms with E-state index in [-0.39, 0.29) is 6.42 Å². The Bertz CT molecular complexity index is 241. The molecule has 2 nitrogen and oxygen atoms in total. The molecular weight excluding hydrogens is 193 g/mol. The minimum atomic E-state index is -4.03. The van der Waals surface area contributed by atoms with E-state index < -0.39 is 12.6 Å². The van der Waals surface area contributed by atoms with Crippen LogP contribution in [0.15, 0.2) is 18.3 Å². The monoisotopic (exact) mass is 206 g/mol. The van der Waals surface area contributed by atoms with E-state index >= 15 is 0 Å². The Hall–Kier alpha value is -0.970. The third kappa shape index (κ3) is 4.91. The van der Waals surface area contributed by atoms with E-state index in [0.717, 1.165) is 5.69 Å². The van der Waals surface area contributed by atoms with E-state index in [1.165, 1.54) is 0 Å². The molecular formula is C9H13F3N2. The molecule has 1 aromatic heterocycles. The van der Waals surface area contributed by atoms with Crippen LogP contribution in [0.4, 0.5) is 13.2 Å². The van der Waals surface area contributed by atoms with Crippen LogP contribution in [-0.2, 0) is 6.54 Å². The van der Waals surface area contributed by atoms with Crippen LogP contribution in [0.25, 0.3) is 0 Å². The van der Waals surface area contributed by atoms with Gasteiger partial charge in [0.15, 0.2) is 0 Å². The summed E-state index contributed by atoms with van der Waals surface area (Å²) < 4.78 is 35.2. The van der Waals surface area contributed by atoms with Crippen molar-refractivity contribution in [1.29, 1.82) is 0 Å². The SMILES string of the molecule is FC(F)(F)CCCNCc1ccc[nH]1. The Labute approximate surface area is 80.5 Å². The quantitative estimate of drug-likeness (QED) is 0.711. The van der Waals surface area contributed by atoms with E-state index in [4.69, 9.17) is 0 Å². The lowest BCUT2D eigenvalue weighted by molar-refractivity contribution is -0.135. The van der Waals surface area contributed by atoms with Gasteiger partial charge in [0.1, 0.15) is 0 Å². The van der Waals surface area contributed by atoms with Crippen molar-refractivity contribution in [1.82, 2.24) is 10.3 Å². The fourth-order valence-electron chi connectivity index (χ4n) is 1.11. The Morgan fingerprint density at radius 2 is 2.14 bits per heavy atom. The van der Waals surface area contributed by atoms with Gasteiger partial charge < -0.3 is 10.3 Å². The fraction of sp³-hybridized carbons (Fsp3) is 0.556. The van der Waals surface area contributed by atoms with Crippen LogP contribution < -0.4 is 5.32 Å². The first-order valence-corrected chi connectivity index (χ1v) is 4.48. The summed E-state index contributed by atoms with van der Waals surface area (Å²) in [7, 11) is 0. The predicted molar refractivity (Wildman–Crippen MR) is 47.8 cm³/mol. The van der Waals surface area contributed by atoms with Gasteiger partial charge in [-0.3, -0.25) is 0 Å². The first kappa shape index (κ1) is 11.1. The Balaban J connectivity index is 2.00. The van der Waals surface area contributed by atoms with Gasteiger partial charge in [0.25, 0.3) is 0 Å². The highest BCUT2D eigenvalue weighted by Crippen LogP contribution is 2.20. The summed E-state index contributed by atoms with van der Waals surface area (Å²) in [5, 5.41) is 2.93. The molecule has 0 fully saturated rings. The predicted octanol–water partition coefficient (Wildman–Crippen LogP) is 2.45. The minimum absolute atomic E-state index is 0.129. The largest absolute Gasteiger partial charge is 0.389 e. The van der Waals surface area contributed by atoms with Crippen LogP contribution in [0.2, 0.25) is 0 Å². The van der Waals surface area contributed by atoms with Crippen molar-refractivity contribution in [3.8, 4) is 0 Å². The summed E-state index contributed by atoms with van der Waals surface area (Å²) in [5.41, 5.74) is 0.983. The van der Waals surface area contributed by atoms with Crippen molar-refractivity contribution in [2.75, 3.05) is 6.54 Å². The molecule has 80 valence electrons. The zero-order valence-corrected chi connectivity index (χ0v) is 7.69. The molecule has 0 amide bonds. The molecule has 0 radical (unpaired) electrons. The Kier molecular flexibility index (Phi) is 4.00. The molecule has 1 aromatic rings. The van der Waals surface area contributed by atoms with Gasteiger partial charge in [-0.1, -0.05) is 0 Å². The number of halogens is 3. The molecule has 0 aromatic carbocycles. The zero-order valence-electron chi connectivity index (χ0n) is 7.69. The highest BCUT2D eigenvalue weighted by Gasteiger charge is 2.25. The van der Waals surface area contributed by atoms with E-state index in [0.29, 0.717) is 13.1 Å². The molecule has 0 aliphatic carbocycles. The molecule has 0 unspecified atom stereocenters. The van der Waals surface area contributed by atoms with Crippen LogP contribution in [0.5, 0.6) is 0 Å². The fourth-order valence-corrected chi connectivity index (χ4v) is 1.11. The molecule has 0 bridgehead atoms. The minimum Gasteiger partial charge on any atom is -0.364 e. The molecule has 1 heterocycles. The highest BCUT2D eigenvalue weighted by atomic mass is 19.4. The molecule has 5 heteroatoms. The second-order valence-corrected chi connectivity index (χ2v) is 3.09. The summed E-state index contributed by atoms with van der Waals surface area (Å²) in [6.45, 7) is 0.976. The number of aromatic amines is 1. The average Bonchev–Trinajstić information content (AvgIpc) is 2.54. The molecule has 0 aliphatic rings. The van der Waals surface area contributed by atoms with Crippen molar-refractivity contribution >= 4 is 0 Å². The Morgan fingerprint density at radius 3 is 2.71 bits per heavy atom. The van der Waals surface area contributed by atoms with Crippen LogP contribution in [0, 0.1) is 0 Å². The summed E-state index contributed by atoms with van der Waals surface area (Å²) in [6.07, 6.45) is -2.84. The van der Waals surface area contributed by atoms with Gasteiger partial charge in [-0.25, -0.2) is 0 Å². The van der Waals surface area contributed by atoms with Gasteiger partial charge in [-0.2, -0.15) is 13.2 Å². The van der Waals surface area contributed by atoms with Crippen LogP contribution in [0.3, 0.4) is 0 Å². The molecule has 14 heavy (non-hydrogen) atoms. The number of hydrogen-bond acceptors (Lipinski definition) is 1. The highest BCUT2D eigenvalue weighted by molar-refractivity contribution is 5.02. The van der Waals surface area contributed by atoms with Gasteiger partial charge in [0.2, 0.25) is 0 Å². The van der Waals surface area contributed by atoms with Crippen LogP contribution in [-0.4, -0.2) is 17.7 Å². The maximum Gasteiger partial charge on any atom is 0.389 e. The number of rotatable bonds is 5. The third-order valence-corrected chi connectivity index (χ3v) is 1.79. The number of alkyl halides is 3. The van der Waals surface area contributed by atoms with Crippen molar-refractivity contribution in [2.45, 2.75) is 25.6 Å². The molecule has 0 spiro atoms. The van der Waals surface area contributed by atoms with Crippen molar-refractivity contribution in [3.63, 3.8) is 0 Å². The van der Waals surface area contributed by atoms with Gasteiger partial charge >= 0.3 is 6.18 Å². The van der Waals surface area contributed by atoms with Gasteiger partial charge in [-0.05, 0) is 25.1 Å². The van der Waals surface area contributed by atoms with Crippen LogP contribution in [0.1, 0.15) is 18.5 Å². The molecule has 2 N–H and O–H groups in total. The first-order valence-electron chi connectivity index (χ1n) is 4.48. The zero-order chi connectivity index (χ0) is 10.4. The van der Waals surface area contributed by atoms with E-state index in [1.54, 1.807) is 6.20 Å². The lowest BCUT2D eigenvalue weighted by Gasteiger charge is -2.06. The number of H-pyrrole nitrogens is 1. The Morgan fingerprint density at radius 1 is 1.36 bits per heavy atom. The van der Waals surface area contributed by atoms with Crippen molar-refractivity contribution < 1.29 is 13.2 Å². The lowest BCUT2D eigenvalue weighted by Crippen LogP contribution is -2.17. The van der Waals surface area contributed by atoms with Gasteiger partial charge in [-0.15, -0.1) is 0 Å². The van der Waals surface area contributed by atoms with Gasteiger partial charge in [0.05, 0.1) is 0 Å². The number of aromatic nitrogens is 1.